The summed E-state index contributed by atoms with van der Waals surface area (Å²) < 4.78 is 17.9. The lowest BCUT2D eigenvalue weighted by molar-refractivity contribution is 0.211. The number of nitrogens with two attached hydrogens (primary N) is 1. The molecule has 4 heteroatoms. The molecule has 0 spiro atoms. The van der Waals surface area contributed by atoms with E-state index >= 15 is 0 Å². The summed E-state index contributed by atoms with van der Waals surface area (Å²) >= 11 is 0. The van der Waals surface area contributed by atoms with Gasteiger partial charge in [-0.25, -0.2) is 4.39 Å². The van der Waals surface area contributed by atoms with Gasteiger partial charge in [0.15, 0.2) is 0 Å². The van der Waals surface area contributed by atoms with E-state index in [1.165, 1.54) is 6.07 Å². The maximum Gasteiger partial charge on any atom is 0.128 e. The third-order valence-electron chi connectivity index (χ3n) is 1.95. The first kappa shape index (κ1) is 10.8. The van der Waals surface area contributed by atoms with Gasteiger partial charge < -0.3 is 15.8 Å². The molecule has 0 saturated carbocycles. The highest BCUT2D eigenvalue weighted by Gasteiger charge is 2.03. The van der Waals surface area contributed by atoms with Crippen LogP contribution in [0.25, 0.3) is 0 Å². The lowest BCUT2D eigenvalue weighted by Gasteiger charge is -2.10. The van der Waals surface area contributed by atoms with Gasteiger partial charge in [-0.05, 0) is 24.6 Å². The van der Waals surface area contributed by atoms with Crippen LogP contribution in [-0.2, 0) is 4.74 Å². The van der Waals surface area contributed by atoms with E-state index in [9.17, 15) is 4.39 Å². The molecule has 0 amide bonds. The number of aryl methyl sites for hydroxylation is 1. The quantitative estimate of drug-likeness (QED) is 0.572. The lowest BCUT2D eigenvalue weighted by Crippen LogP contribution is -2.09. The predicted octanol–water partition coefficient (Wildman–Crippen LogP) is 1.77. The molecule has 1 rings (SSSR count). The van der Waals surface area contributed by atoms with Crippen LogP contribution in [-0.4, -0.2) is 20.3 Å². The minimum absolute atomic E-state index is 0.278. The second-order valence-electron chi connectivity index (χ2n) is 3.11. The highest BCUT2D eigenvalue weighted by Crippen LogP contribution is 2.21. The third kappa shape index (κ3) is 2.60. The minimum Gasteiger partial charge on any atom is -0.397 e. The number of anilines is 2. The van der Waals surface area contributed by atoms with E-state index in [0.717, 1.165) is 5.69 Å². The van der Waals surface area contributed by atoms with Crippen molar-refractivity contribution in [2.75, 3.05) is 31.3 Å². The number of methoxy groups -OCH3 is 1. The number of nitrogen functional groups attached to an aromatic ring is 1. The molecule has 0 aliphatic heterocycles. The van der Waals surface area contributed by atoms with Crippen LogP contribution in [0, 0.1) is 12.7 Å². The fourth-order valence-electron chi connectivity index (χ4n) is 1.14. The Bertz CT molecular complexity index is 315. The Morgan fingerprint density at radius 2 is 2.21 bits per heavy atom. The number of rotatable bonds is 4. The van der Waals surface area contributed by atoms with E-state index in [-0.39, 0.29) is 5.82 Å². The van der Waals surface area contributed by atoms with E-state index in [0.29, 0.717) is 24.4 Å². The Kier molecular flexibility index (Phi) is 3.71. The molecule has 0 atom stereocenters. The zero-order chi connectivity index (χ0) is 10.6. The Morgan fingerprint density at radius 1 is 1.50 bits per heavy atom. The molecule has 3 N–H and O–H groups in total. The minimum atomic E-state index is -0.278. The monoisotopic (exact) mass is 198 g/mol. The smallest absolute Gasteiger partial charge is 0.128 e. The molecule has 1 aromatic carbocycles. The van der Waals surface area contributed by atoms with Crippen molar-refractivity contribution in [3.8, 4) is 0 Å². The van der Waals surface area contributed by atoms with Gasteiger partial charge in [0.2, 0.25) is 0 Å². The number of nitrogens with one attached hydrogen (secondary N) is 1. The Morgan fingerprint density at radius 3 is 2.86 bits per heavy atom. The van der Waals surface area contributed by atoms with E-state index in [2.05, 4.69) is 5.32 Å². The molecule has 0 bridgehead atoms. The molecular formula is C10H15FN2O. The fraction of sp³-hybridized carbons (Fsp3) is 0.400. The highest BCUT2D eigenvalue weighted by molar-refractivity contribution is 5.67. The van der Waals surface area contributed by atoms with Crippen LogP contribution in [0.15, 0.2) is 12.1 Å². The van der Waals surface area contributed by atoms with Gasteiger partial charge in [-0.1, -0.05) is 0 Å². The van der Waals surface area contributed by atoms with Gasteiger partial charge in [-0.3, -0.25) is 0 Å². The SMILES string of the molecule is COCCNc1cc(C)c(F)cc1N. The number of benzene rings is 1. The van der Waals surface area contributed by atoms with Crippen molar-refractivity contribution < 1.29 is 9.13 Å². The Balaban J connectivity index is 2.72. The summed E-state index contributed by atoms with van der Waals surface area (Å²) in [7, 11) is 1.63. The van der Waals surface area contributed by atoms with Gasteiger partial charge in [0.1, 0.15) is 5.82 Å². The number of hydrogen-bond donors (Lipinski definition) is 2. The molecule has 0 aromatic heterocycles. The van der Waals surface area contributed by atoms with Gasteiger partial charge in [0.25, 0.3) is 0 Å². The molecule has 3 nitrogen and oxygen atoms in total. The van der Waals surface area contributed by atoms with Crippen LogP contribution in [0.4, 0.5) is 15.8 Å². The van der Waals surface area contributed by atoms with Gasteiger partial charge in [0.05, 0.1) is 18.0 Å². The van der Waals surface area contributed by atoms with Crippen molar-refractivity contribution in [1.82, 2.24) is 0 Å². The predicted molar refractivity (Wildman–Crippen MR) is 55.9 cm³/mol. The fourth-order valence-corrected chi connectivity index (χ4v) is 1.14. The topological polar surface area (TPSA) is 47.3 Å². The first-order valence-electron chi connectivity index (χ1n) is 4.43. The zero-order valence-electron chi connectivity index (χ0n) is 8.43. The average molecular weight is 198 g/mol. The van der Waals surface area contributed by atoms with E-state index < -0.39 is 0 Å². The molecule has 0 aliphatic rings. The van der Waals surface area contributed by atoms with Gasteiger partial charge in [-0.15, -0.1) is 0 Å². The van der Waals surface area contributed by atoms with Crippen LogP contribution in [0.2, 0.25) is 0 Å². The second kappa shape index (κ2) is 4.81. The molecule has 0 saturated heterocycles. The van der Waals surface area contributed by atoms with Crippen molar-refractivity contribution >= 4 is 11.4 Å². The normalized spacial score (nSPS) is 10.2. The van der Waals surface area contributed by atoms with Gasteiger partial charge >= 0.3 is 0 Å². The largest absolute Gasteiger partial charge is 0.397 e. The molecule has 1 aromatic rings. The Labute approximate surface area is 83.1 Å². The lowest BCUT2D eigenvalue weighted by atomic mass is 10.2. The Hall–Kier alpha value is -1.29. The first-order chi connectivity index (χ1) is 6.65. The number of halogens is 1. The van der Waals surface area contributed by atoms with Crippen LogP contribution in [0.1, 0.15) is 5.56 Å². The standard InChI is InChI=1S/C10H15FN2O/c1-7-5-10(13-3-4-14-2)9(12)6-8(7)11/h5-6,13H,3-4,12H2,1-2H3. The van der Waals surface area contributed by atoms with Crippen LogP contribution >= 0.6 is 0 Å². The summed E-state index contributed by atoms with van der Waals surface area (Å²) in [6.07, 6.45) is 0. The maximum absolute atomic E-state index is 13.0. The second-order valence-corrected chi connectivity index (χ2v) is 3.11. The molecule has 78 valence electrons. The van der Waals surface area contributed by atoms with E-state index in [1.54, 1.807) is 20.1 Å². The van der Waals surface area contributed by atoms with Crippen molar-refractivity contribution in [1.29, 1.82) is 0 Å². The van der Waals surface area contributed by atoms with Crippen LogP contribution in [0.5, 0.6) is 0 Å². The summed E-state index contributed by atoms with van der Waals surface area (Å²) in [6.45, 7) is 2.96. The van der Waals surface area contributed by atoms with Crippen LogP contribution < -0.4 is 11.1 Å². The highest BCUT2D eigenvalue weighted by atomic mass is 19.1. The number of ether oxygens (including phenoxy) is 1. The van der Waals surface area contributed by atoms with E-state index in [1.807, 2.05) is 0 Å². The van der Waals surface area contributed by atoms with Crippen molar-refractivity contribution in [2.45, 2.75) is 6.92 Å². The van der Waals surface area contributed by atoms with Gasteiger partial charge in [0, 0.05) is 13.7 Å². The first-order valence-corrected chi connectivity index (χ1v) is 4.43. The van der Waals surface area contributed by atoms with Crippen molar-refractivity contribution in [3.05, 3.63) is 23.5 Å². The molecule has 14 heavy (non-hydrogen) atoms. The van der Waals surface area contributed by atoms with Crippen molar-refractivity contribution in [3.63, 3.8) is 0 Å². The molecule has 0 heterocycles. The third-order valence-corrected chi connectivity index (χ3v) is 1.95. The maximum atomic E-state index is 13.0. The molecule has 0 radical (unpaired) electrons. The average Bonchev–Trinajstić information content (AvgIpc) is 2.14. The molecule has 0 aliphatic carbocycles. The zero-order valence-corrected chi connectivity index (χ0v) is 8.43. The molecule has 0 unspecified atom stereocenters. The van der Waals surface area contributed by atoms with Crippen molar-refractivity contribution in [2.24, 2.45) is 0 Å². The summed E-state index contributed by atoms with van der Waals surface area (Å²) in [6, 6.07) is 3.02. The van der Waals surface area contributed by atoms with E-state index in [4.69, 9.17) is 10.5 Å². The van der Waals surface area contributed by atoms with Crippen LogP contribution in [0.3, 0.4) is 0 Å². The summed E-state index contributed by atoms with van der Waals surface area (Å²) in [5.41, 5.74) is 7.38. The van der Waals surface area contributed by atoms with Gasteiger partial charge in [-0.2, -0.15) is 0 Å². The summed E-state index contributed by atoms with van der Waals surface area (Å²) in [4.78, 5) is 0. The molecular weight excluding hydrogens is 183 g/mol. The summed E-state index contributed by atoms with van der Waals surface area (Å²) in [5, 5.41) is 3.07. The number of hydrogen-bond acceptors (Lipinski definition) is 3. The summed E-state index contributed by atoms with van der Waals surface area (Å²) in [5.74, 6) is -0.278. The molecule has 0 fully saturated rings.